The summed E-state index contributed by atoms with van der Waals surface area (Å²) in [6.45, 7) is 0.870. The molecule has 24 heavy (non-hydrogen) atoms. The van der Waals surface area contributed by atoms with Gasteiger partial charge in [0, 0.05) is 31.7 Å². The van der Waals surface area contributed by atoms with Gasteiger partial charge in [0.15, 0.2) is 0 Å². The van der Waals surface area contributed by atoms with Gasteiger partial charge in [-0.05, 0) is 44.4 Å². The van der Waals surface area contributed by atoms with Gasteiger partial charge in [-0.1, -0.05) is 25.7 Å². The average Bonchev–Trinajstić information content (AvgIpc) is 2.81. The third-order valence-corrected chi connectivity index (χ3v) is 6.25. The molecule has 2 N–H and O–H groups in total. The maximum atomic E-state index is 12.6. The fourth-order valence-corrected chi connectivity index (χ4v) is 4.64. The minimum absolute atomic E-state index is 0.0620. The molecule has 136 valence electrons. The first-order valence-corrected chi connectivity index (χ1v) is 9.88. The summed E-state index contributed by atoms with van der Waals surface area (Å²) in [6.07, 6.45) is 11.4. The number of amides is 2. The van der Waals surface area contributed by atoms with Crippen LogP contribution < -0.4 is 5.32 Å². The van der Waals surface area contributed by atoms with Gasteiger partial charge in [-0.25, -0.2) is 0 Å². The second kappa shape index (κ2) is 8.32. The number of nitrogens with one attached hydrogen (secondary N) is 1. The summed E-state index contributed by atoms with van der Waals surface area (Å²) in [4.78, 5) is 27.0. The van der Waals surface area contributed by atoms with E-state index in [0.29, 0.717) is 24.9 Å². The maximum Gasteiger partial charge on any atom is 0.225 e. The Kier molecular flexibility index (Phi) is 6.14. The minimum atomic E-state index is -0.170. The van der Waals surface area contributed by atoms with Gasteiger partial charge in [0.25, 0.3) is 0 Å². The first-order valence-electron chi connectivity index (χ1n) is 9.88. The van der Waals surface area contributed by atoms with Crippen molar-refractivity contribution in [2.45, 2.75) is 82.7 Å². The van der Waals surface area contributed by atoms with Gasteiger partial charge in [0.05, 0.1) is 5.92 Å². The smallest absolute Gasteiger partial charge is 0.225 e. The Bertz CT molecular complexity index is 438. The molecule has 2 saturated carbocycles. The lowest BCUT2D eigenvalue weighted by molar-refractivity contribution is -0.130. The Labute approximate surface area is 145 Å². The van der Waals surface area contributed by atoms with Crippen LogP contribution in [0.15, 0.2) is 0 Å². The molecule has 1 saturated heterocycles. The summed E-state index contributed by atoms with van der Waals surface area (Å²) in [7, 11) is 0. The molecular formula is C19H32N2O3. The molecule has 3 aliphatic rings. The summed E-state index contributed by atoms with van der Waals surface area (Å²) in [5.41, 5.74) is 0. The van der Waals surface area contributed by atoms with Crippen molar-refractivity contribution >= 4 is 11.8 Å². The Balaban J connectivity index is 1.48. The monoisotopic (exact) mass is 336 g/mol. The number of hydrogen-bond acceptors (Lipinski definition) is 3. The summed E-state index contributed by atoms with van der Waals surface area (Å²) in [5, 5.41) is 12.4. The lowest BCUT2D eigenvalue weighted by Gasteiger charge is -2.29. The van der Waals surface area contributed by atoms with Crippen LogP contribution in [0.25, 0.3) is 0 Å². The fraction of sp³-hybridized carbons (Fsp3) is 0.895. The van der Waals surface area contributed by atoms with E-state index in [2.05, 4.69) is 5.32 Å². The summed E-state index contributed by atoms with van der Waals surface area (Å²) in [5.74, 6) is 0.464. The number of aliphatic hydroxyl groups excluding tert-OH is 1. The molecular weight excluding hydrogens is 304 g/mol. The largest absolute Gasteiger partial charge is 0.396 e. The average molecular weight is 336 g/mol. The van der Waals surface area contributed by atoms with E-state index in [9.17, 15) is 14.7 Å². The molecule has 0 aromatic carbocycles. The van der Waals surface area contributed by atoms with E-state index in [1.165, 1.54) is 25.7 Å². The molecule has 3 rings (SSSR count). The van der Waals surface area contributed by atoms with Crippen LogP contribution in [0.2, 0.25) is 0 Å². The standard InChI is InChI=1S/C19H32N2O3/c22-13-14-7-9-16(10-8-14)20-19(24)15-11-18(23)21(12-15)17-5-3-1-2-4-6-17/h14-17,22H,1-13H2,(H,20,24). The lowest BCUT2D eigenvalue weighted by atomic mass is 9.86. The van der Waals surface area contributed by atoms with E-state index in [0.717, 1.165) is 38.5 Å². The van der Waals surface area contributed by atoms with Crippen molar-refractivity contribution in [1.29, 1.82) is 0 Å². The molecule has 0 radical (unpaired) electrons. The SMILES string of the molecule is O=C(NC1CCC(CO)CC1)C1CC(=O)N(C2CCCCCC2)C1. The van der Waals surface area contributed by atoms with Gasteiger partial charge < -0.3 is 15.3 Å². The van der Waals surface area contributed by atoms with E-state index >= 15 is 0 Å². The Morgan fingerprint density at radius 3 is 2.33 bits per heavy atom. The van der Waals surface area contributed by atoms with Crippen molar-refractivity contribution in [1.82, 2.24) is 10.2 Å². The first kappa shape index (κ1) is 17.7. The van der Waals surface area contributed by atoms with E-state index < -0.39 is 0 Å². The van der Waals surface area contributed by atoms with Crippen molar-refractivity contribution in [2.24, 2.45) is 11.8 Å². The molecule has 5 heteroatoms. The van der Waals surface area contributed by atoms with Crippen LogP contribution in [-0.2, 0) is 9.59 Å². The third kappa shape index (κ3) is 4.29. The number of rotatable bonds is 4. The predicted molar refractivity (Wildman–Crippen MR) is 92.3 cm³/mol. The number of carbonyl (C=O) groups is 2. The van der Waals surface area contributed by atoms with Crippen molar-refractivity contribution in [2.75, 3.05) is 13.2 Å². The molecule has 0 bridgehead atoms. The van der Waals surface area contributed by atoms with Gasteiger partial charge in [-0.2, -0.15) is 0 Å². The minimum Gasteiger partial charge on any atom is -0.396 e. The highest BCUT2D eigenvalue weighted by molar-refractivity contribution is 5.89. The third-order valence-electron chi connectivity index (χ3n) is 6.25. The van der Waals surface area contributed by atoms with Crippen LogP contribution in [-0.4, -0.2) is 47.1 Å². The topological polar surface area (TPSA) is 69.6 Å². The molecule has 2 amide bonds. The van der Waals surface area contributed by atoms with Crippen LogP contribution in [0.1, 0.15) is 70.6 Å². The van der Waals surface area contributed by atoms with Crippen LogP contribution in [0.4, 0.5) is 0 Å². The Morgan fingerprint density at radius 1 is 1.04 bits per heavy atom. The molecule has 0 aromatic rings. The summed E-state index contributed by atoms with van der Waals surface area (Å²) >= 11 is 0. The number of nitrogens with zero attached hydrogens (tertiary/aromatic N) is 1. The summed E-state index contributed by atoms with van der Waals surface area (Å²) < 4.78 is 0. The molecule has 1 heterocycles. The van der Waals surface area contributed by atoms with E-state index in [1.807, 2.05) is 4.90 Å². The van der Waals surface area contributed by atoms with E-state index in [-0.39, 0.29) is 30.4 Å². The molecule has 2 aliphatic carbocycles. The highest BCUT2D eigenvalue weighted by atomic mass is 16.3. The zero-order valence-corrected chi connectivity index (χ0v) is 14.7. The number of carbonyl (C=O) groups excluding carboxylic acids is 2. The van der Waals surface area contributed by atoms with Crippen LogP contribution in [0.3, 0.4) is 0 Å². The fourth-order valence-electron chi connectivity index (χ4n) is 4.64. The number of aliphatic hydroxyl groups is 1. The van der Waals surface area contributed by atoms with Crippen molar-refractivity contribution < 1.29 is 14.7 Å². The predicted octanol–water partition coefficient (Wildman–Crippen LogP) is 2.22. The molecule has 1 aliphatic heterocycles. The second-order valence-corrected chi connectivity index (χ2v) is 8.00. The lowest BCUT2D eigenvalue weighted by Crippen LogP contribution is -2.42. The molecule has 0 spiro atoms. The molecule has 0 aromatic heterocycles. The van der Waals surface area contributed by atoms with Gasteiger partial charge in [0.1, 0.15) is 0 Å². The molecule has 3 fully saturated rings. The van der Waals surface area contributed by atoms with E-state index in [1.54, 1.807) is 0 Å². The van der Waals surface area contributed by atoms with Crippen LogP contribution >= 0.6 is 0 Å². The van der Waals surface area contributed by atoms with Gasteiger partial charge in [-0.3, -0.25) is 9.59 Å². The Hall–Kier alpha value is -1.10. The quantitative estimate of drug-likeness (QED) is 0.774. The normalized spacial score (nSPS) is 32.6. The number of hydrogen-bond donors (Lipinski definition) is 2. The zero-order valence-electron chi connectivity index (χ0n) is 14.7. The van der Waals surface area contributed by atoms with Crippen molar-refractivity contribution in [3.63, 3.8) is 0 Å². The summed E-state index contributed by atoms with van der Waals surface area (Å²) in [6, 6.07) is 0.583. The van der Waals surface area contributed by atoms with Gasteiger partial charge >= 0.3 is 0 Å². The Morgan fingerprint density at radius 2 is 1.71 bits per heavy atom. The maximum absolute atomic E-state index is 12.6. The van der Waals surface area contributed by atoms with E-state index in [4.69, 9.17) is 0 Å². The molecule has 5 nitrogen and oxygen atoms in total. The van der Waals surface area contributed by atoms with Crippen molar-refractivity contribution in [3.8, 4) is 0 Å². The highest BCUT2D eigenvalue weighted by Crippen LogP contribution is 2.29. The van der Waals surface area contributed by atoms with Gasteiger partial charge in [0.2, 0.25) is 11.8 Å². The second-order valence-electron chi connectivity index (χ2n) is 8.00. The van der Waals surface area contributed by atoms with Crippen LogP contribution in [0.5, 0.6) is 0 Å². The van der Waals surface area contributed by atoms with Gasteiger partial charge in [-0.15, -0.1) is 0 Å². The highest BCUT2D eigenvalue weighted by Gasteiger charge is 2.38. The molecule has 1 atom stereocenters. The zero-order chi connectivity index (χ0) is 16.9. The number of likely N-dealkylation sites (tertiary alicyclic amines) is 1. The van der Waals surface area contributed by atoms with Crippen molar-refractivity contribution in [3.05, 3.63) is 0 Å². The molecule has 1 unspecified atom stereocenters. The van der Waals surface area contributed by atoms with Crippen LogP contribution in [0, 0.1) is 11.8 Å². The first-order chi connectivity index (χ1) is 11.7.